The minimum absolute atomic E-state index is 0.0892. The molecule has 0 saturated carbocycles. The van der Waals surface area contributed by atoms with Crippen LogP contribution < -0.4 is 10.1 Å². The first kappa shape index (κ1) is 21.4. The Morgan fingerprint density at radius 2 is 1.83 bits per heavy atom. The van der Waals surface area contributed by atoms with Gasteiger partial charge >= 0.3 is 0 Å². The van der Waals surface area contributed by atoms with Crippen LogP contribution in [0.4, 0.5) is 5.69 Å². The summed E-state index contributed by atoms with van der Waals surface area (Å²) >= 11 is 0. The fourth-order valence-corrected chi connectivity index (χ4v) is 4.16. The molecule has 0 unspecified atom stereocenters. The van der Waals surface area contributed by atoms with Crippen LogP contribution in [0.2, 0.25) is 0 Å². The van der Waals surface area contributed by atoms with E-state index in [9.17, 15) is 4.79 Å². The Kier molecular flexibility index (Phi) is 7.70. The number of nitrogens with one attached hydrogen (secondary N) is 1. The van der Waals surface area contributed by atoms with Crippen molar-refractivity contribution in [3.8, 4) is 16.9 Å². The molecule has 4 nitrogen and oxygen atoms in total. The van der Waals surface area contributed by atoms with Crippen LogP contribution >= 0.6 is 0 Å². The summed E-state index contributed by atoms with van der Waals surface area (Å²) in [4.78, 5) is 15.5. The number of likely N-dealkylation sites (tertiary alicyclic amines) is 1. The number of amides is 1. The van der Waals surface area contributed by atoms with Gasteiger partial charge < -0.3 is 15.0 Å². The van der Waals surface area contributed by atoms with Gasteiger partial charge in [-0.1, -0.05) is 57.0 Å². The number of hydrogen-bond donors (Lipinski definition) is 1. The second-order valence-corrected chi connectivity index (χ2v) is 8.02. The highest BCUT2D eigenvalue weighted by molar-refractivity contribution is 5.96. The van der Waals surface area contributed by atoms with Gasteiger partial charge in [0.05, 0.1) is 7.11 Å². The first-order valence-corrected chi connectivity index (χ1v) is 10.9. The van der Waals surface area contributed by atoms with Crippen molar-refractivity contribution in [2.75, 3.05) is 32.1 Å². The van der Waals surface area contributed by atoms with E-state index in [2.05, 4.69) is 24.1 Å². The molecule has 1 fully saturated rings. The summed E-state index contributed by atoms with van der Waals surface area (Å²) in [5, 5.41) is 3.20. The number of methoxy groups -OCH3 is 1. The maximum absolute atomic E-state index is 13.0. The lowest BCUT2D eigenvalue weighted by molar-refractivity contribution is -0.121. The summed E-state index contributed by atoms with van der Waals surface area (Å²) in [7, 11) is 1.67. The summed E-state index contributed by atoms with van der Waals surface area (Å²) in [6.45, 7) is 7.75. The van der Waals surface area contributed by atoms with E-state index in [-0.39, 0.29) is 11.8 Å². The molecule has 2 aromatic rings. The highest BCUT2D eigenvalue weighted by Crippen LogP contribution is 2.31. The molecule has 1 aliphatic heterocycles. The zero-order chi connectivity index (χ0) is 20.6. The third kappa shape index (κ3) is 5.60. The highest BCUT2D eigenvalue weighted by atomic mass is 16.5. The molecule has 0 atom stereocenters. The van der Waals surface area contributed by atoms with Crippen molar-refractivity contribution in [3.63, 3.8) is 0 Å². The van der Waals surface area contributed by atoms with Crippen LogP contribution in [0.1, 0.15) is 39.5 Å². The molecule has 2 aromatic carbocycles. The zero-order valence-corrected chi connectivity index (χ0v) is 18.0. The van der Waals surface area contributed by atoms with E-state index >= 15 is 0 Å². The van der Waals surface area contributed by atoms with Gasteiger partial charge in [-0.05, 0) is 55.6 Å². The largest absolute Gasteiger partial charge is 0.497 e. The van der Waals surface area contributed by atoms with Gasteiger partial charge in [-0.3, -0.25) is 4.79 Å². The van der Waals surface area contributed by atoms with E-state index in [1.807, 2.05) is 48.5 Å². The Hall–Kier alpha value is -2.33. The maximum Gasteiger partial charge on any atom is 0.227 e. The number of hydrogen-bond acceptors (Lipinski definition) is 3. The van der Waals surface area contributed by atoms with E-state index in [4.69, 9.17) is 4.74 Å². The number of anilines is 1. The normalized spacial score (nSPS) is 15.4. The molecular formula is C25H34N2O2. The molecule has 3 rings (SSSR count). The van der Waals surface area contributed by atoms with Gasteiger partial charge in [0, 0.05) is 23.7 Å². The fraction of sp³-hybridized carbons (Fsp3) is 0.480. The molecule has 29 heavy (non-hydrogen) atoms. The van der Waals surface area contributed by atoms with Gasteiger partial charge in [0.2, 0.25) is 5.91 Å². The van der Waals surface area contributed by atoms with Crippen LogP contribution in [0.5, 0.6) is 5.75 Å². The number of carbonyl (C=O) groups excluding carboxylic acids is 1. The molecule has 1 aliphatic rings. The quantitative estimate of drug-likeness (QED) is 0.647. The first-order valence-electron chi connectivity index (χ1n) is 10.9. The predicted molar refractivity (Wildman–Crippen MR) is 120 cm³/mol. The third-order valence-electron chi connectivity index (χ3n) is 6.20. The maximum atomic E-state index is 13.0. The molecule has 156 valence electrons. The predicted octanol–water partition coefficient (Wildman–Crippen LogP) is 5.45. The fourth-order valence-electron chi connectivity index (χ4n) is 4.16. The second kappa shape index (κ2) is 10.4. The molecule has 0 radical (unpaired) electrons. The summed E-state index contributed by atoms with van der Waals surface area (Å²) in [6, 6.07) is 15.9. The first-order chi connectivity index (χ1) is 14.1. The van der Waals surface area contributed by atoms with Gasteiger partial charge in [0.1, 0.15) is 5.75 Å². The number of carbonyl (C=O) groups is 1. The van der Waals surface area contributed by atoms with Crippen molar-refractivity contribution < 1.29 is 9.53 Å². The molecule has 4 heteroatoms. The Balaban J connectivity index is 1.63. The molecule has 1 saturated heterocycles. The van der Waals surface area contributed by atoms with Gasteiger partial charge in [-0.25, -0.2) is 0 Å². The van der Waals surface area contributed by atoms with Crippen LogP contribution in [-0.2, 0) is 4.79 Å². The van der Waals surface area contributed by atoms with Gasteiger partial charge in [-0.2, -0.15) is 0 Å². The van der Waals surface area contributed by atoms with Crippen molar-refractivity contribution in [3.05, 3.63) is 48.5 Å². The number of piperidine rings is 1. The van der Waals surface area contributed by atoms with Crippen LogP contribution in [0.15, 0.2) is 48.5 Å². The Bertz CT molecular complexity index is 793. The van der Waals surface area contributed by atoms with E-state index in [0.717, 1.165) is 54.4 Å². The SMILES string of the molecule is CCC(CC)CN1CCC(C(=O)Nc2ccccc2-c2cccc(OC)c2)CC1. The molecule has 0 aliphatic carbocycles. The van der Waals surface area contributed by atoms with E-state index in [1.54, 1.807) is 7.11 Å². The molecular weight excluding hydrogens is 360 g/mol. The average Bonchev–Trinajstić information content (AvgIpc) is 2.78. The smallest absolute Gasteiger partial charge is 0.227 e. The number of benzene rings is 2. The van der Waals surface area contributed by atoms with Crippen molar-refractivity contribution in [1.82, 2.24) is 4.90 Å². The highest BCUT2D eigenvalue weighted by Gasteiger charge is 2.26. The summed E-state index contributed by atoms with van der Waals surface area (Å²) < 4.78 is 5.35. The monoisotopic (exact) mass is 394 g/mol. The molecule has 0 aromatic heterocycles. The van der Waals surface area contributed by atoms with Gasteiger partial charge in [-0.15, -0.1) is 0 Å². The Morgan fingerprint density at radius 1 is 1.10 bits per heavy atom. The van der Waals surface area contributed by atoms with Crippen LogP contribution in [0, 0.1) is 11.8 Å². The Morgan fingerprint density at radius 3 is 2.52 bits per heavy atom. The minimum atomic E-state index is 0.0892. The number of para-hydroxylation sites is 1. The van der Waals surface area contributed by atoms with Crippen molar-refractivity contribution >= 4 is 11.6 Å². The zero-order valence-electron chi connectivity index (χ0n) is 18.0. The second-order valence-electron chi connectivity index (χ2n) is 8.02. The molecule has 1 heterocycles. The number of nitrogens with zero attached hydrogens (tertiary/aromatic N) is 1. The molecule has 1 N–H and O–H groups in total. The van der Waals surface area contributed by atoms with E-state index in [1.165, 1.54) is 19.4 Å². The lowest BCUT2D eigenvalue weighted by atomic mass is 9.93. The van der Waals surface area contributed by atoms with E-state index in [0.29, 0.717) is 0 Å². The van der Waals surface area contributed by atoms with Crippen LogP contribution in [0.3, 0.4) is 0 Å². The van der Waals surface area contributed by atoms with Crippen LogP contribution in [-0.4, -0.2) is 37.6 Å². The van der Waals surface area contributed by atoms with Crippen molar-refractivity contribution in [2.24, 2.45) is 11.8 Å². The van der Waals surface area contributed by atoms with Crippen LogP contribution in [0.25, 0.3) is 11.1 Å². The lowest BCUT2D eigenvalue weighted by Crippen LogP contribution is -2.40. The van der Waals surface area contributed by atoms with Gasteiger partial charge in [0.25, 0.3) is 0 Å². The Labute approximate surface area is 175 Å². The van der Waals surface area contributed by atoms with Gasteiger partial charge in [0.15, 0.2) is 0 Å². The molecule has 1 amide bonds. The standard InChI is InChI=1S/C25H34N2O2/c1-4-19(5-2)18-27-15-13-20(14-16-27)25(28)26-24-12-7-6-11-23(24)21-9-8-10-22(17-21)29-3/h6-12,17,19-20H,4-5,13-16,18H2,1-3H3,(H,26,28). The summed E-state index contributed by atoms with van der Waals surface area (Å²) in [5.74, 6) is 1.82. The lowest BCUT2D eigenvalue weighted by Gasteiger charge is -2.33. The third-order valence-corrected chi connectivity index (χ3v) is 6.20. The average molecular weight is 395 g/mol. The molecule has 0 spiro atoms. The van der Waals surface area contributed by atoms with Crippen molar-refractivity contribution in [1.29, 1.82) is 0 Å². The summed E-state index contributed by atoms with van der Waals surface area (Å²) in [6.07, 6.45) is 4.34. The number of rotatable bonds is 8. The minimum Gasteiger partial charge on any atom is -0.497 e. The molecule has 0 bridgehead atoms. The van der Waals surface area contributed by atoms with Crippen molar-refractivity contribution in [2.45, 2.75) is 39.5 Å². The summed E-state index contributed by atoms with van der Waals surface area (Å²) in [5.41, 5.74) is 2.93. The number of ether oxygens (including phenoxy) is 1. The topological polar surface area (TPSA) is 41.6 Å². The van der Waals surface area contributed by atoms with E-state index < -0.39 is 0 Å².